The van der Waals surface area contributed by atoms with E-state index in [9.17, 15) is 0 Å². The summed E-state index contributed by atoms with van der Waals surface area (Å²) in [5.74, 6) is 0. The molecule has 1 atom stereocenters. The molecule has 0 radical (unpaired) electrons. The molecule has 0 aromatic carbocycles. The fourth-order valence-corrected chi connectivity index (χ4v) is 2.76. The first kappa shape index (κ1) is 12.4. The Labute approximate surface area is 101 Å². The van der Waals surface area contributed by atoms with Gasteiger partial charge < -0.3 is 5.32 Å². The summed E-state index contributed by atoms with van der Waals surface area (Å²) in [7, 11) is 0. The zero-order chi connectivity index (χ0) is 11.2. The highest BCUT2D eigenvalue weighted by molar-refractivity contribution is 4.84. The molecular weight excluding hydrogens is 196 g/mol. The summed E-state index contributed by atoms with van der Waals surface area (Å²) in [6.45, 7) is 6.24. The van der Waals surface area contributed by atoms with Crippen LogP contribution in [0.2, 0.25) is 0 Å². The van der Waals surface area contributed by atoms with Gasteiger partial charge in [-0.2, -0.15) is 0 Å². The molecule has 0 amide bonds. The molecule has 1 saturated carbocycles. The molecule has 16 heavy (non-hydrogen) atoms. The van der Waals surface area contributed by atoms with Crippen LogP contribution in [-0.4, -0.2) is 36.6 Å². The van der Waals surface area contributed by atoms with Crippen LogP contribution in [0, 0.1) is 0 Å². The molecule has 0 bridgehead atoms. The standard InChI is InChI=1S/C14H28N2/c1-2-14(12-15-13-8-9-13)16-10-6-4-3-5-7-11-16/h13-15H,2-12H2,1H3. The Hall–Kier alpha value is -0.0800. The number of hydrogen-bond acceptors (Lipinski definition) is 2. The second-order valence-electron chi connectivity index (χ2n) is 5.55. The van der Waals surface area contributed by atoms with Crippen molar-refractivity contribution in [2.75, 3.05) is 19.6 Å². The van der Waals surface area contributed by atoms with Crippen LogP contribution < -0.4 is 5.32 Å². The van der Waals surface area contributed by atoms with Gasteiger partial charge in [-0.15, -0.1) is 0 Å². The van der Waals surface area contributed by atoms with Crippen molar-refractivity contribution < 1.29 is 0 Å². The fourth-order valence-electron chi connectivity index (χ4n) is 2.76. The van der Waals surface area contributed by atoms with E-state index in [2.05, 4.69) is 17.1 Å². The van der Waals surface area contributed by atoms with Crippen molar-refractivity contribution >= 4 is 0 Å². The SMILES string of the molecule is CCC(CNC1CC1)N1CCCCCCC1. The van der Waals surface area contributed by atoms with Gasteiger partial charge >= 0.3 is 0 Å². The summed E-state index contributed by atoms with van der Waals surface area (Å²) in [5.41, 5.74) is 0. The Morgan fingerprint density at radius 2 is 1.69 bits per heavy atom. The van der Waals surface area contributed by atoms with Crippen LogP contribution in [0.4, 0.5) is 0 Å². The molecule has 1 saturated heterocycles. The summed E-state index contributed by atoms with van der Waals surface area (Å²) in [4.78, 5) is 2.74. The molecule has 2 heteroatoms. The van der Waals surface area contributed by atoms with E-state index < -0.39 is 0 Å². The predicted molar refractivity (Wildman–Crippen MR) is 69.8 cm³/mol. The first-order chi connectivity index (χ1) is 7.90. The molecule has 94 valence electrons. The van der Waals surface area contributed by atoms with Gasteiger partial charge in [0, 0.05) is 18.6 Å². The highest BCUT2D eigenvalue weighted by Gasteiger charge is 2.23. The van der Waals surface area contributed by atoms with Crippen LogP contribution in [-0.2, 0) is 0 Å². The van der Waals surface area contributed by atoms with E-state index >= 15 is 0 Å². The molecule has 1 aliphatic carbocycles. The molecule has 2 fully saturated rings. The summed E-state index contributed by atoms with van der Waals surface area (Å²) < 4.78 is 0. The van der Waals surface area contributed by atoms with Crippen molar-refractivity contribution in [2.45, 2.75) is 70.4 Å². The average molecular weight is 224 g/mol. The lowest BCUT2D eigenvalue weighted by molar-refractivity contribution is 0.170. The quantitative estimate of drug-likeness (QED) is 0.772. The van der Waals surface area contributed by atoms with Gasteiger partial charge in [-0.3, -0.25) is 4.90 Å². The van der Waals surface area contributed by atoms with E-state index in [0.29, 0.717) is 0 Å². The summed E-state index contributed by atoms with van der Waals surface area (Å²) >= 11 is 0. The van der Waals surface area contributed by atoms with Crippen molar-refractivity contribution in [3.05, 3.63) is 0 Å². The van der Waals surface area contributed by atoms with E-state index in [0.717, 1.165) is 12.1 Å². The molecular formula is C14H28N2. The Morgan fingerprint density at radius 3 is 2.25 bits per heavy atom. The number of likely N-dealkylation sites (tertiary alicyclic amines) is 1. The lowest BCUT2D eigenvalue weighted by Gasteiger charge is -2.32. The minimum absolute atomic E-state index is 0.790. The molecule has 0 spiro atoms. The summed E-state index contributed by atoms with van der Waals surface area (Å²) in [6, 6.07) is 1.66. The zero-order valence-electron chi connectivity index (χ0n) is 10.9. The smallest absolute Gasteiger partial charge is 0.0218 e. The molecule has 2 rings (SSSR count). The van der Waals surface area contributed by atoms with Crippen molar-refractivity contribution in [1.29, 1.82) is 0 Å². The largest absolute Gasteiger partial charge is 0.312 e. The van der Waals surface area contributed by atoms with Crippen molar-refractivity contribution in [2.24, 2.45) is 0 Å². The van der Waals surface area contributed by atoms with E-state index in [4.69, 9.17) is 0 Å². The zero-order valence-corrected chi connectivity index (χ0v) is 10.9. The van der Waals surface area contributed by atoms with Crippen LogP contribution in [0.15, 0.2) is 0 Å². The number of rotatable bonds is 5. The molecule has 0 aromatic rings. The Morgan fingerprint density at radius 1 is 1.06 bits per heavy atom. The second-order valence-corrected chi connectivity index (χ2v) is 5.55. The van der Waals surface area contributed by atoms with Gasteiger partial charge in [-0.05, 0) is 45.2 Å². The Kier molecular flexibility index (Phi) is 5.11. The van der Waals surface area contributed by atoms with Gasteiger partial charge in [-0.1, -0.05) is 26.2 Å². The highest BCUT2D eigenvalue weighted by atomic mass is 15.2. The van der Waals surface area contributed by atoms with E-state index in [-0.39, 0.29) is 0 Å². The van der Waals surface area contributed by atoms with E-state index in [1.165, 1.54) is 71.0 Å². The third-order valence-corrected chi connectivity index (χ3v) is 4.10. The minimum atomic E-state index is 0.790. The fraction of sp³-hybridized carbons (Fsp3) is 1.00. The maximum Gasteiger partial charge on any atom is 0.0218 e. The predicted octanol–water partition coefficient (Wildman–Crippen LogP) is 2.78. The van der Waals surface area contributed by atoms with E-state index in [1.807, 2.05) is 0 Å². The van der Waals surface area contributed by atoms with Crippen LogP contribution in [0.5, 0.6) is 0 Å². The van der Waals surface area contributed by atoms with Gasteiger partial charge in [0.15, 0.2) is 0 Å². The Bertz CT molecular complexity index is 181. The lowest BCUT2D eigenvalue weighted by atomic mass is 10.1. The van der Waals surface area contributed by atoms with Gasteiger partial charge in [0.1, 0.15) is 0 Å². The molecule has 0 aromatic heterocycles. The second kappa shape index (κ2) is 6.61. The third kappa shape index (κ3) is 4.06. The van der Waals surface area contributed by atoms with Crippen molar-refractivity contribution in [1.82, 2.24) is 10.2 Å². The number of nitrogens with one attached hydrogen (secondary N) is 1. The van der Waals surface area contributed by atoms with Crippen molar-refractivity contribution in [3.63, 3.8) is 0 Å². The molecule has 2 nitrogen and oxygen atoms in total. The van der Waals surface area contributed by atoms with Crippen LogP contribution in [0.1, 0.15) is 58.3 Å². The maximum absolute atomic E-state index is 3.70. The van der Waals surface area contributed by atoms with Crippen LogP contribution in [0.25, 0.3) is 0 Å². The van der Waals surface area contributed by atoms with Gasteiger partial charge in [0.25, 0.3) is 0 Å². The van der Waals surface area contributed by atoms with Gasteiger partial charge in [0.05, 0.1) is 0 Å². The maximum atomic E-state index is 3.70. The molecule has 2 aliphatic rings. The molecule has 1 heterocycles. The highest BCUT2D eigenvalue weighted by Crippen LogP contribution is 2.20. The summed E-state index contributed by atoms with van der Waals surface area (Å²) in [6.07, 6.45) is 11.3. The molecule has 1 unspecified atom stereocenters. The molecule has 1 N–H and O–H groups in total. The van der Waals surface area contributed by atoms with E-state index in [1.54, 1.807) is 0 Å². The van der Waals surface area contributed by atoms with Gasteiger partial charge in [0.2, 0.25) is 0 Å². The normalized spacial score (nSPS) is 26.1. The first-order valence-electron chi connectivity index (χ1n) is 7.37. The molecule has 1 aliphatic heterocycles. The number of nitrogens with zero attached hydrogens (tertiary/aromatic N) is 1. The Balaban J connectivity index is 1.74. The number of hydrogen-bond donors (Lipinski definition) is 1. The average Bonchev–Trinajstić information content (AvgIpc) is 3.04. The van der Waals surface area contributed by atoms with Gasteiger partial charge in [-0.25, -0.2) is 0 Å². The van der Waals surface area contributed by atoms with Crippen LogP contribution >= 0.6 is 0 Å². The topological polar surface area (TPSA) is 15.3 Å². The lowest BCUT2D eigenvalue weighted by Crippen LogP contribution is -2.44. The monoisotopic (exact) mass is 224 g/mol. The summed E-state index contributed by atoms with van der Waals surface area (Å²) in [5, 5.41) is 3.70. The van der Waals surface area contributed by atoms with Crippen molar-refractivity contribution in [3.8, 4) is 0 Å². The third-order valence-electron chi connectivity index (χ3n) is 4.10. The van der Waals surface area contributed by atoms with Crippen LogP contribution in [0.3, 0.4) is 0 Å². The first-order valence-corrected chi connectivity index (χ1v) is 7.37. The minimum Gasteiger partial charge on any atom is -0.312 e.